The Morgan fingerprint density at radius 2 is 2.38 bits per heavy atom. The molecule has 1 aliphatic rings. The molecule has 0 amide bonds. The minimum atomic E-state index is 0. The van der Waals surface area contributed by atoms with Crippen LogP contribution in [0.4, 0.5) is 0 Å². The van der Waals surface area contributed by atoms with Crippen molar-refractivity contribution in [1.82, 2.24) is 5.32 Å². The van der Waals surface area contributed by atoms with E-state index in [2.05, 4.69) is 10.6 Å². The zero-order valence-corrected chi connectivity index (χ0v) is 8.17. The number of rotatable bonds is 1. The van der Waals surface area contributed by atoms with Crippen LogP contribution < -0.4 is 5.32 Å². The molecule has 1 fully saturated rings. The first-order valence-corrected chi connectivity index (χ1v) is 2.74. The van der Waals surface area contributed by atoms with Crippen LogP contribution in [-0.2, 0) is 0 Å². The van der Waals surface area contributed by atoms with Crippen molar-refractivity contribution in [2.24, 2.45) is 0 Å². The van der Waals surface area contributed by atoms with Crippen LogP contribution in [0.5, 0.6) is 0 Å². The second-order valence-corrected chi connectivity index (χ2v) is 1.90. The van der Waals surface area contributed by atoms with Crippen LogP contribution in [0.2, 0.25) is 0 Å². The summed E-state index contributed by atoms with van der Waals surface area (Å²) < 4.78 is 0. The molecule has 1 N–H and O–H groups in total. The monoisotopic (exact) mass is 340 g/mol. The standard InChI is InChI=1S/C5H11N2.Am/c1-6-5-2-3-7-4-5;/h5-6H,2-4H2,1H3;/q-1;/t5-;/m1./s1. The molecular weight excluding hydrogens is 331 g/mol. The Hall–Kier alpha value is 0.310. The van der Waals surface area contributed by atoms with E-state index in [9.17, 15) is 0 Å². The molecule has 1 radical (unpaired) electrons. The summed E-state index contributed by atoms with van der Waals surface area (Å²) in [5, 5.41) is 7.34. The van der Waals surface area contributed by atoms with Crippen molar-refractivity contribution in [2.45, 2.75) is 12.5 Å². The third kappa shape index (κ3) is 2.05. The molecule has 0 bridgehead atoms. The molecule has 49 valence electrons. The van der Waals surface area contributed by atoms with Gasteiger partial charge in [0.25, 0.3) is 0 Å². The van der Waals surface area contributed by atoms with Crippen LogP contribution in [0.3, 0.4) is 0 Å². The molecule has 0 saturated carbocycles. The molecule has 1 rings (SSSR count). The molecule has 0 aromatic heterocycles. The molecule has 8 heavy (non-hydrogen) atoms. The van der Waals surface area contributed by atoms with E-state index in [1.165, 1.54) is 6.42 Å². The van der Waals surface area contributed by atoms with Gasteiger partial charge in [-0.15, -0.1) is 13.1 Å². The number of hydrogen-bond donors (Lipinski definition) is 1. The first-order valence-electron chi connectivity index (χ1n) is 2.74. The van der Waals surface area contributed by atoms with Gasteiger partial charge in [-0.2, -0.15) is 0 Å². The van der Waals surface area contributed by atoms with E-state index in [1.807, 2.05) is 7.05 Å². The van der Waals surface area contributed by atoms with E-state index in [4.69, 9.17) is 0 Å². The van der Waals surface area contributed by atoms with E-state index in [1.54, 1.807) is 0 Å². The number of nitrogens with zero attached hydrogens (tertiary/aromatic N) is 1. The summed E-state index contributed by atoms with van der Waals surface area (Å²) in [7, 11) is 1.99. The summed E-state index contributed by atoms with van der Waals surface area (Å²) in [5.74, 6) is 0. The predicted octanol–water partition coefficient (Wildman–Crippen LogP) is 0.352. The van der Waals surface area contributed by atoms with Crippen LogP contribution in [-0.4, -0.2) is 26.2 Å². The van der Waals surface area contributed by atoms with E-state index in [0.29, 0.717) is 6.04 Å². The van der Waals surface area contributed by atoms with Crippen LogP contribution in [0.1, 0.15) is 6.42 Å². The van der Waals surface area contributed by atoms with Gasteiger partial charge in [0, 0.05) is 14.3 Å². The second-order valence-electron chi connectivity index (χ2n) is 1.90. The first-order chi connectivity index (χ1) is 3.43. The maximum atomic E-state index is 4.17. The fourth-order valence-electron chi connectivity index (χ4n) is 0.821. The van der Waals surface area contributed by atoms with Crippen molar-refractivity contribution >= 4 is 0 Å². The van der Waals surface area contributed by atoms with Crippen molar-refractivity contribution in [3.8, 4) is 0 Å². The Balaban J connectivity index is 0.000000490. The summed E-state index contributed by atoms with van der Waals surface area (Å²) in [6, 6.07) is 0.681. The molecule has 0 aromatic rings. The average Bonchev–Trinajstić information content (AvgIpc) is 2.14. The normalized spacial score (nSPS) is 27.4. The van der Waals surface area contributed by atoms with Gasteiger partial charge in [0.15, 0.2) is 0 Å². The quantitative estimate of drug-likeness (QED) is 0.732. The minimum absolute atomic E-state index is 0. The Morgan fingerprint density at radius 3 is 2.62 bits per heavy atom. The maximum absolute atomic E-state index is 4.17. The molecule has 2 nitrogen and oxygen atoms in total. The zero-order valence-electron chi connectivity index (χ0n) is 5.02. The van der Waals surface area contributed by atoms with Crippen molar-refractivity contribution in [1.29, 1.82) is 0 Å². The minimum Gasteiger partial charge on any atom is -0.661 e. The van der Waals surface area contributed by atoms with Crippen molar-refractivity contribution < 1.29 is 14.3 Å². The van der Waals surface area contributed by atoms with Gasteiger partial charge in [-0.1, -0.05) is 6.42 Å². The Morgan fingerprint density at radius 1 is 1.62 bits per heavy atom. The first kappa shape index (κ1) is 8.31. The fourth-order valence-corrected chi connectivity index (χ4v) is 0.821. The maximum Gasteiger partial charge on any atom is 0 e. The molecule has 0 spiro atoms. The number of nitrogens with one attached hydrogen (secondary N) is 1. The van der Waals surface area contributed by atoms with Crippen molar-refractivity contribution in [2.75, 3.05) is 20.1 Å². The van der Waals surface area contributed by atoms with Gasteiger partial charge < -0.3 is 10.6 Å². The molecule has 0 unspecified atom stereocenters. The van der Waals surface area contributed by atoms with E-state index in [-0.39, 0.29) is 14.3 Å². The van der Waals surface area contributed by atoms with Crippen LogP contribution >= 0.6 is 0 Å². The van der Waals surface area contributed by atoms with E-state index >= 15 is 0 Å². The van der Waals surface area contributed by atoms with Crippen molar-refractivity contribution in [3.05, 3.63) is 5.32 Å². The third-order valence-corrected chi connectivity index (χ3v) is 1.39. The van der Waals surface area contributed by atoms with Gasteiger partial charge in [-0.3, -0.25) is 0 Å². The van der Waals surface area contributed by atoms with E-state index in [0.717, 1.165) is 13.1 Å². The summed E-state index contributed by atoms with van der Waals surface area (Å²) in [6.45, 7) is 2.09. The average molecular weight is 342 g/mol. The molecule has 3 heteroatoms. The Labute approximate surface area is 58.2 Å². The topological polar surface area (TPSA) is 26.1 Å². The molecule has 1 atom stereocenters. The summed E-state index contributed by atoms with van der Waals surface area (Å²) in [5.41, 5.74) is 0. The predicted molar refractivity (Wildman–Crippen MR) is 30.6 cm³/mol. The summed E-state index contributed by atoms with van der Waals surface area (Å²) >= 11 is 0. The van der Waals surface area contributed by atoms with Gasteiger partial charge in [0.1, 0.15) is 0 Å². The molecule has 1 aliphatic heterocycles. The van der Waals surface area contributed by atoms with Gasteiger partial charge >= 0.3 is 0 Å². The second kappa shape index (κ2) is 4.21. The van der Waals surface area contributed by atoms with Gasteiger partial charge in [-0.05, 0) is 13.1 Å². The fraction of sp³-hybridized carbons (Fsp3) is 1.00. The zero-order chi connectivity index (χ0) is 5.11. The molecular formula is C5H11AmN2-. The molecule has 1 saturated heterocycles. The molecule has 0 aromatic carbocycles. The number of hydrogen-bond acceptors (Lipinski definition) is 1. The molecule has 1 heterocycles. The summed E-state index contributed by atoms with van der Waals surface area (Å²) in [4.78, 5) is 0. The number of likely N-dealkylation sites (N-methyl/N-ethyl adjacent to an activating group) is 1. The largest absolute Gasteiger partial charge is 0.661 e. The van der Waals surface area contributed by atoms with Gasteiger partial charge in [0.05, 0.1) is 0 Å². The molecule has 0 aliphatic carbocycles. The van der Waals surface area contributed by atoms with Crippen molar-refractivity contribution in [3.63, 3.8) is 0 Å². The van der Waals surface area contributed by atoms with E-state index < -0.39 is 0 Å². The Kier molecular flexibility index (Phi) is 4.38. The SMILES string of the molecule is CN[C@@H]1CC[N-]C1.[Am]. The Bertz CT molecular complexity index is 52.4. The summed E-state index contributed by atoms with van der Waals surface area (Å²) in [6.07, 6.45) is 1.23. The van der Waals surface area contributed by atoms with Crippen LogP contribution in [0.15, 0.2) is 0 Å². The van der Waals surface area contributed by atoms with Crippen LogP contribution in [0.25, 0.3) is 5.32 Å². The van der Waals surface area contributed by atoms with Gasteiger partial charge in [-0.25, -0.2) is 0 Å². The third-order valence-electron chi connectivity index (χ3n) is 1.39. The van der Waals surface area contributed by atoms with Crippen LogP contribution in [0, 0.1) is 14.3 Å². The smallest absolute Gasteiger partial charge is 0 e. The van der Waals surface area contributed by atoms with Gasteiger partial charge in [0.2, 0.25) is 0 Å².